The number of amides is 1. The highest BCUT2D eigenvalue weighted by Gasteiger charge is 2.31. The van der Waals surface area contributed by atoms with Gasteiger partial charge in [-0.25, -0.2) is 18.2 Å². The second-order valence-electron chi connectivity index (χ2n) is 6.64. The molecule has 0 atom stereocenters. The molecule has 31 heavy (non-hydrogen) atoms. The van der Waals surface area contributed by atoms with Crippen molar-refractivity contribution in [3.05, 3.63) is 70.0 Å². The lowest BCUT2D eigenvalue weighted by molar-refractivity contribution is -0.137. The minimum absolute atomic E-state index is 0.00988. The summed E-state index contributed by atoms with van der Waals surface area (Å²) in [4.78, 5) is 17.1. The van der Waals surface area contributed by atoms with Gasteiger partial charge in [0.1, 0.15) is 5.03 Å². The standard InChI is InChI=1S/C21H16F6N2OS/c1-3-31-20-17(19(30)28-9-11-6-14(22)18(24)15(23)7-11)10(2)13-5-4-12(21(25,26)27)8-16(13)29-20/h4-8H,3,9H2,1-2H3,(H,28,30). The molecule has 0 saturated heterocycles. The normalized spacial score (nSPS) is 11.7. The van der Waals surface area contributed by atoms with Crippen molar-refractivity contribution in [2.75, 3.05) is 5.75 Å². The first kappa shape index (κ1) is 22.9. The Balaban J connectivity index is 1.98. The molecule has 1 aromatic heterocycles. The first-order chi connectivity index (χ1) is 14.5. The van der Waals surface area contributed by atoms with Gasteiger partial charge in [0.05, 0.1) is 16.6 Å². The Kier molecular flexibility index (Phi) is 6.49. The molecule has 0 saturated carbocycles. The van der Waals surface area contributed by atoms with Crippen LogP contribution in [0.25, 0.3) is 10.9 Å². The molecule has 3 aromatic rings. The molecule has 164 valence electrons. The fourth-order valence-corrected chi connectivity index (χ4v) is 3.89. The van der Waals surface area contributed by atoms with Crippen LogP contribution in [0, 0.1) is 24.4 Å². The molecule has 0 aliphatic heterocycles. The van der Waals surface area contributed by atoms with Gasteiger partial charge >= 0.3 is 6.18 Å². The van der Waals surface area contributed by atoms with Gasteiger partial charge in [0.2, 0.25) is 0 Å². The summed E-state index contributed by atoms with van der Waals surface area (Å²) in [7, 11) is 0. The number of carbonyl (C=O) groups excluding carboxylic acids is 1. The molecular formula is C21H16F6N2OS. The molecule has 1 N–H and O–H groups in total. The van der Waals surface area contributed by atoms with Gasteiger partial charge in [-0.1, -0.05) is 13.0 Å². The maximum absolute atomic E-state index is 13.4. The fraction of sp³-hybridized carbons (Fsp3) is 0.238. The van der Waals surface area contributed by atoms with E-state index in [0.29, 0.717) is 16.7 Å². The number of halogens is 6. The molecule has 2 aromatic carbocycles. The minimum Gasteiger partial charge on any atom is -0.348 e. The van der Waals surface area contributed by atoms with Crippen LogP contribution in [0.15, 0.2) is 35.4 Å². The van der Waals surface area contributed by atoms with Gasteiger partial charge in [-0.2, -0.15) is 13.2 Å². The maximum atomic E-state index is 13.4. The summed E-state index contributed by atoms with van der Waals surface area (Å²) in [5, 5.41) is 3.11. The highest BCUT2D eigenvalue weighted by Crippen LogP contribution is 2.34. The van der Waals surface area contributed by atoms with Gasteiger partial charge in [-0.3, -0.25) is 4.79 Å². The SMILES string of the molecule is CCSc1nc2cc(C(F)(F)F)ccc2c(C)c1C(=O)NCc1cc(F)c(F)c(F)c1. The van der Waals surface area contributed by atoms with Gasteiger partial charge in [0.25, 0.3) is 5.91 Å². The lowest BCUT2D eigenvalue weighted by Gasteiger charge is -2.15. The van der Waals surface area contributed by atoms with Crippen LogP contribution in [-0.4, -0.2) is 16.6 Å². The van der Waals surface area contributed by atoms with Crippen LogP contribution >= 0.6 is 11.8 Å². The van der Waals surface area contributed by atoms with Crippen molar-refractivity contribution < 1.29 is 31.1 Å². The monoisotopic (exact) mass is 458 g/mol. The number of rotatable bonds is 5. The number of nitrogens with one attached hydrogen (secondary N) is 1. The van der Waals surface area contributed by atoms with Crippen molar-refractivity contribution in [1.29, 1.82) is 0 Å². The van der Waals surface area contributed by atoms with E-state index in [0.717, 1.165) is 24.3 Å². The van der Waals surface area contributed by atoms with Crippen molar-refractivity contribution in [3.63, 3.8) is 0 Å². The average Bonchev–Trinajstić information content (AvgIpc) is 2.69. The van der Waals surface area contributed by atoms with E-state index in [-0.39, 0.29) is 28.2 Å². The summed E-state index contributed by atoms with van der Waals surface area (Å²) in [6.07, 6.45) is -4.53. The van der Waals surface area contributed by atoms with Gasteiger partial charge < -0.3 is 5.32 Å². The molecule has 0 spiro atoms. The number of hydrogen-bond donors (Lipinski definition) is 1. The van der Waals surface area contributed by atoms with Crippen LogP contribution in [0.1, 0.15) is 34.0 Å². The number of alkyl halides is 3. The third-order valence-corrected chi connectivity index (χ3v) is 5.40. The first-order valence-corrected chi connectivity index (χ1v) is 10.1. The average molecular weight is 458 g/mol. The van der Waals surface area contributed by atoms with E-state index in [1.54, 1.807) is 13.8 Å². The lowest BCUT2D eigenvalue weighted by atomic mass is 10.0. The predicted molar refractivity (Wildman–Crippen MR) is 105 cm³/mol. The number of benzene rings is 2. The zero-order valence-electron chi connectivity index (χ0n) is 16.3. The molecule has 3 nitrogen and oxygen atoms in total. The first-order valence-electron chi connectivity index (χ1n) is 9.08. The smallest absolute Gasteiger partial charge is 0.348 e. The Labute approximate surface area is 177 Å². The summed E-state index contributed by atoms with van der Waals surface area (Å²) >= 11 is 1.18. The molecule has 0 aliphatic rings. The lowest BCUT2D eigenvalue weighted by Crippen LogP contribution is -2.25. The van der Waals surface area contributed by atoms with Crippen LogP contribution in [0.5, 0.6) is 0 Å². The van der Waals surface area contributed by atoms with Crippen molar-refractivity contribution >= 4 is 28.6 Å². The number of carbonyl (C=O) groups is 1. The molecular weight excluding hydrogens is 442 g/mol. The van der Waals surface area contributed by atoms with Crippen LogP contribution in [-0.2, 0) is 12.7 Å². The van der Waals surface area contributed by atoms with Crippen molar-refractivity contribution in [2.24, 2.45) is 0 Å². The Morgan fingerprint density at radius 3 is 2.32 bits per heavy atom. The molecule has 10 heteroatoms. The van der Waals surface area contributed by atoms with Crippen LogP contribution in [0.4, 0.5) is 26.3 Å². The van der Waals surface area contributed by atoms with Crippen LogP contribution in [0.3, 0.4) is 0 Å². The summed E-state index contributed by atoms with van der Waals surface area (Å²) in [5.74, 6) is -4.48. The largest absolute Gasteiger partial charge is 0.416 e. The van der Waals surface area contributed by atoms with E-state index in [4.69, 9.17) is 0 Å². The van der Waals surface area contributed by atoms with E-state index < -0.39 is 35.1 Å². The van der Waals surface area contributed by atoms with E-state index in [1.165, 1.54) is 17.8 Å². The predicted octanol–water partition coefficient (Wildman–Crippen LogP) is 6.02. The second-order valence-corrected chi connectivity index (χ2v) is 7.89. The molecule has 0 aliphatic carbocycles. The molecule has 1 heterocycles. The van der Waals surface area contributed by atoms with E-state index in [2.05, 4.69) is 10.3 Å². The number of thioether (sulfide) groups is 1. The quantitative estimate of drug-likeness (QED) is 0.289. The zero-order chi connectivity index (χ0) is 22.9. The van der Waals surface area contributed by atoms with E-state index in [9.17, 15) is 31.1 Å². The number of hydrogen-bond acceptors (Lipinski definition) is 3. The van der Waals surface area contributed by atoms with Gasteiger partial charge in [-0.05, 0) is 48.1 Å². The van der Waals surface area contributed by atoms with Crippen molar-refractivity contribution in [3.8, 4) is 0 Å². The Hall–Kier alpha value is -2.75. The Bertz CT molecular complexity index is 1140. The van der Waals surface area contributed by atoms with Crippen LogP contribution < -0.4 is 5.32 Å². The number of nitrogens with zero attached hydrogens (tertiary/aromatic N) is 1. The zero-order valence-corrected chi connectivity index (χ0v) is 17.1. The molecule has 1 amide bonds. The number of aromatic nitrogens is 1. The Morgan fingerprint density at radius 1 is 1.10 bits per heavy atom. The van der Waals surface area contributed by atoms with E-state index in [1.807, 2.05) is 0 Å². The Morgan fingerprint density at radius 2 is 1.74 bits per heavy atom. The highest BCUT2D eigenvalue weighted by molar-refractivity contribution is 7.99. The summed E-state index contributed by atoms with van der Waals surface area (Å²) in [5.41, 5.74) is -0.166. The molecule has 0 fully saturated rings. The van der Waals surface area contributed by atoms with Crippen molar-refractivity contribution in [1.82, 2.24) is 10.3 Å². The third-order valence-electron chi connectivity index (χ3n) is 4.54. The van der Waals surface area contributed by atoms with Gasteiger partial charge in [0.15, 0.2) is 17.5 Å². The van der Waals surface area contributed by atoms with Gasteiger partial charge in [-0.15, -0.1) is 11.8 Å². The molecule has 0 unspecified atom stereocenters. The van der Waals surface area contributed by atoms with Crippen molar-refractivity contribution in [2.45, 2.75) is 31.6 Å². The topological polar surface area (TPSA) is 42.0 Å². The molecule has 0 radical (unpaired) electrons. The maximum Gasteiger partial charge on any atom is 0.416 e. The number of pyridine rings is 1. The number of aryl methyl sites for hydroxylation is 1. The second kappa shape index (κ2) is 8.78. The van der Waals surface area contributed by atoms with Crippen LogP contribution in [0.2, 0.25) is 0 Å². The van der Waals surface area contributed by atoms with Gasteiger partial charge in [0, 0.05) is 11.9 Å². The molecule has 3 rings (SSSR count). The summed E-state index contributed by atoms with van der Waals surface area (Å²) in [6, 6.07) is 4.63. The highest BCUT2D eigenvalue weighted by atomic mass is 32.2. The third kappa shape index (κ3) is 4.79. The van der Waals surface area contributed by atoms with E-state index >= 15 is 0 Å². The summed E-state index contributed by atoms with van der Waals surface area (Å²) < 4.78 is 79.0. The summed E-state index contributed by atoms with van der Waals surface area (Å²) in [6.45, 7) is 3.10. The molecule has 0 bridgehead atoms. The number of fused-ring (bicyclic) bond motifs is 1. The fourth-order valence-electron chi connectivity index (χ4n) is 3.07. The minimum atomic E-state index is -4.53.